The number of carbonyl (C=O) groups is 3. The summed E-state index contributed by atoms with van der Waals surface area (Å²) < 4.78 is 5.33. The number of nitrogens with one attached hydrogen (secondary N) is 3. The minimum absolute atomic E-state index is 0.0212. The Morgan fingerprint density at radius 1 is 1.38 bits per heavy atom. The van der Waals surface area contributed by atoms with E-state index in [-0.39, 0.29) is 30.9 Å². The van der Waals surface area contributed by atoms with Crippen LogP contribution < -0.4 is 16.0 Å². The van der Waals surface area contributed by atoms with E-state index < -0.39 is 6.03 Å². The number of amides is 4. The van der Waals surface area contributed by atoms with Crippen molar-refractivity contribution in [2.45, 2.75) is 19.0 Å². The highest BCUT2D eigenvalue weighted by Gasteiger charge is 2.28. The number of hydrogen-bond donors (Lipinski definition) is 3. The fourth-order valence-electron chi connectivity index (χ4n) is 2.73. The molecule has 2 fully saturated rings. The molecule has 8 heteroatoms. The van der Waals surface area contributed by atoms with E-state index in [2.05, 4.69) is 16.0 Å². The quantitative estimate of drug-likeness (QED) is 0.662. The van der Waals surface area contributed by atoms with Gasteiger partial charge in [0.1, 0.15) is 0 Å². The molecule has 0 aliphatic carbocycles. The van der Waals surface area contributed by atoms with E-state index in [1.54, 1.807) is 18.2 Å². The highest BCUT2D eigenvalue weighted by molar-refractivity contribution is 6.01. The van der Waals surface area contributed by atoms with Gasteiger partial charge in [-0.3, -0.25) is 14.5 Å². The van der Waals surface area contributed by atoms with Crippen LogP contribution in [0.1, 0.15) is 12.0 Å². The van der Waals surface area contributed by atoms with Gasteiger partial charge in [0.05, 0.1) is 26.3 Å². The lowest BCUT2D eigenvalue weighted by Gasteiger charge is -2.23. The summed E-state index contributed by atoms with van der Waals surface area (Å²) in [4.78, 5) is 36.5. The third-order valence-electron chi connectivity index (χ3n) is 3.92. The minimum atomic E-state index is -0.391. The molecule has 3 rings (SSSR count). The van der Waals surface area contributed by atoms with Gasteiger partial charge in [-0.05, 0) is 17.7 Å². The topological polar surface area (TPSA) is 99.8 Å². The summed E-state index contributed by atoms with van der Waals surface area (Å²) in [5.74, 6) is -0.358. The normalized spacial score (nSPS) is 20.8. The molecule has 128 valence electrons. The molecule has 0 saturated carbocycles. The Kier molecular flexibility index (Phi) is 5.07. The van der Waals surface area contributed by atoms with Crippen LogP contribution in [0, 0.1) is 0 Å². The molecular weight excluding hydrogens is 312 g/mol. The molecule has 0 radical (unpaired) electrons. The number of rotatable bonds is 5. The van der Waals surface area contributed by atoms with Crippen molar-refractivity contribution in [3.63, 3.8) is 0 Å². The van der Waals surface area contributed by atoms with Crippen LogP contribution >= 0.6 is 0 Å². The summed E-state index contributed by atoms with van der Waals surface area (Å²) in [6.45, 7) is 2.17. The van der Waals surface area contributed by atoms with E-state index in [1.807, 2.05) is 6.07 Å². The van der Waals surface area contributed by atoms with Gasteiger partial charge < -0.3 is 20.7 Å². The van der Waals surface area contributed by atoms with Crippen molar-refractivity contribution in [2.75, 3.05) is 31.6 Å². The van der Waals surface area contributed by atoms with Gasteiger partial charge in [0, 0.05) is 24.7 Å². The second-order valence-corrected chi connectivity index (χ2v) is 5.82. The summed E-state index contributed by atoms with van der Waals surface area (Å²) in [5.41, 5.74) is 1.42. The van der Waals surface area contributed by atoms with Crippen LogP contribution in [0.15, 0.2) is 24.3 Å². The molecule has 0 bridgehead atoms. The maximum atomic E-state index is 12.1. The van der Waals surface area contributed by atoms with Gasteiger partial charge >= 0.3 is 6.03 Å². The van der Waals surface area contributed by atoms with Crippen LogP contribution in [0.25, 0.3) is 0 Å². The highest BCUT2D eigenvalue weighted by Crippen LogP contribution is 2.15. The Morgan fingerprint density at radius 3 is 2.96 bits per heavy atom. The third-order valence-corrected chi connectivity index (χ3v) is 3.92. The summed E-state index contributed by atoms with van der Waals surface area (Å²) >= 11 is 0. The second-order valence-electron chi connectivity index (χ2n) is 5.82. The molecule has 3 N–H and O–H groups in total. The predicted octanol–water partition coefficient (Wildman–Crippen LogP) is 0.0554. The van der Waals surface area contributed by atoms with E-state index in [9.17, 15) is 14.4 Å². The zero-order valence-corrected chi connectivity index (χ0v) is 13.2. The van der Waals surface area contributed by atoms with Crippen LogP contribution in [-0.2, 0) is 20.9 Å². The zero-order chi connectivity index (χ0) is 16.9. The van der Waals surface area contributed by atoms with Crippen LogP contribution in [0.4, 0.5) is 10.5 Å². The summed E-state index contributed by atoms with van der Waals surface area (Å²) in [6, 6.07) is 6.77. The molecule has 8 nitrogen and oxygen atoms in total. The number of benzene rings is 1. The SMILES string of the molecule is O=C(CC1COCCN1)Nc1cccc(CN2C(=O)CNC2=O)c1. The lowest BCUT2D eigenvalue weighted by Crippen LogP contribution is -2.43. The first-order valence-corrected chi connectivity index (χ1v) is 7.90. The largest absolute Gasteiger partial charge is 0.378 e. The van der Waals surface area contributed by atoms with Gasteiger partial charge in [-0.1, -0.05) is 12.1 Å². The van der Waals surface area contributed by atoms with Crippen LogP contribution in [-0.4, -0.2) is 55.1 Å². The molecule has 2 aliphatic rings. The molecule has 2 saturated heterocycles. The Hall–Kier alpha value is -2.45. The lowest BCUT2D eigenvalue weighted by atomic mass is 10.1. The first-order valence-electron chi connectivity index (χ1n) is 7.90. The first kappa shape index (κ1) is 16.4. The summed E-state index contributed by atoms with van der Waals surface area (Å²) in [7, 11) is 0. The second kappa shape index (κ2) is 7.41. The van der Waals surface area contributed by atoms with Crippen molar-refractivity contribution in [3.8, 4) is 0 Å². The van der Waals surface area contributed by atoms with Crippen LogP contribution in [0.2, 0.25) is 0 Å². The van der Waals surface area contributed by atoms with Crippen molar-refractivity contribution >= 4 is 23.5 Å². The Morgan fingerprint density at radius 2 is 2.25 bits per heavy atom. The zero-order valence-electron chi connectivity index (χ0n) is 13.2. The number of imide groups is 1. The van der Waals surface area contributed by atoms with Crippen LogP contribution in [0.3, 0.4) is 0 Å². The van der Waals surface area contributed by atoms with Gasteiger partial charge in [-0.25, -0.2) is 4.79 Å². The number of urea groups is 1. The molecule has 24 heavy (non-hydrogen) atoms. The monoisotopic (exact) mass is 332 g/mol. The Balaban J connectivity index is 1.57. The van der Waals surface area contributed by atoms with Gasteiger partial charge in [0.2, 0.25) is 11.8 Å². The standard InChI is InChI=1S/C16H20N4O4/c21-14(7-13-10-24-5-4-17-13)19-12-3-1-2-11(6-12)9-20-15(22)8-18-16(20)23/h1-3,6,13,17H,4-5,7-10H2,(H,18,23)(H,19,21). The van der Waals surface area contributed by atoms with Gasteiger partial charge in [0.25, 0.3) is 0 Å². The molecule has 1 unspecified atom stereocenters. The summed E-state index contributed by atoms with van der Waals surface area (Å²) in [5, 5.41) is 8.55. The highest BCUT2D eigenvalue weighted by atomic mass is 16.5. The van der Waals surface area contributed by atoms with Crippen molar-refractivity contribution in [1.29, 1.82) is 0 Å². The smallest absolute Gasteiger partial charge is 0.324 e. The van der Waals surface area contributed by atoms with E-state index in [0.29, 0.717) is 25.3 Å². The number of nitrogens with zero attached hydrogens (tertiary/aromatic N) is 1. The van der Waals surface area contributed by atoms with Gasteiger partial charge in [-0.2, -0.15) is 0 Å². The van der Waals surface area contributed by atoms with Gasteiger partial charge in [-0.15, -0.1) is 0 Å². The Bertz CT molecular complexity index is 627. The van der Waals surface area contributed by atoms with Crippen LogP contribution in [0.5, 0.6) is 0 Å². The number of hydrogen-bond acceptors (Lipinski definition) is 5. The van der Waals surface area contributed by atoms with Gasteiger partial charge in [0.15, 0.2) is 0 Å². The molecule has 1 aromatic rings. The average Bonchev–Trinajstić information content (AvgIpc) is 2.88. The van der Waals surface area contributed by atoms with Crippen molar-refractivity contribution < 1.29 is 19.1 Å². The maximum Gasteiger partial charge on any atom is 0.324 e. The first-order chi connectivity index (χ1) is 11.6. The fourth-order valence-corrected chi connectivity index (χ4v) is 2.73. The number of ether oxygens (including phenoxy) is 1. The maximum absolute atomic E-state index is 12.1. The van der Waals surface area contributed by atoms with Crippen molar-refractivity contribution in [1.82, 2.24) is 15.5 Å². The number of anilines is 1. The molecule has 1 atom stereocenters. The van der Waals surface area contributed by atoms with Crippen molar-refractivity contribution in [3.05, 3.63) is 29.8 Å². The van der Waals surface area contributed by atoms with E-state index in [1.165, 1.54) is 0 Å². The van der Waals surface area contributed by atoms with E-state index in [4.69, 9.17) is 4.74 Å². The predicted molar refractivity (Wildman–Crippen MR) is 86.2 cm³/mol. The Labute approximate surface area is 139 Å². The lowest BCUT2D eigenvalue weighted by molar-refractivity contribution is -0.125. The fraction of sp³-hybridized carbons (Fsp3) is 0.438. The molecule has 1 aromatic carbocycles. The summed E-state index contributed by atoms with van der Waals surface area (Å²) in [6.07, 6.45) is 0.331. The molecular formula is C16H20N4O4. The molecule has 0 aromatic heterocycles. The minimum Gasteiger partial charge on any atom is -0.378 e. The van der Waals surface area contributed by atoms with E-state index >= 15 is 0 Å². The van der Waals surface area contributed by atoms with E-state index in [0.717, 1.165) is 17.0 Å². The molecule has 0 spiro atoms. The molecule has 2 heterocycles. The number of morpholine rings is 1. The molecule has 4 amide bonds. The average molecular weight is 332 g/mol. The third kappa shape index (κ3) is 4.09. The molecule has 2 aliphatic heterocycles. The number of carbonyl (C=O) groups excluding carboxylic acids is 3. The van der Waals surface area contributed by atoms with Crippen molar-refractivity contribution in [2.24, 2.45) is 0 Å².